The number of nitrogen functional groups attached to an aromatic ring is 1. The van der Waals surface area contributed by atoms with Gasteiger partial charge in [-0.15, -0.1) is 0 Å². The molecule has 174 valence electrons. The molecule has 0 aliphatic heterocycles. The number of anilines is 3. The van der Waals surface area contributed by atoms with Crippen LogP contribution in [0.1, 0.15) is 78.6 Å². The molecule has 0 bridgehead atoms. The van der Waals surface area contributed by atoms with Crippen LogP contribution in [-0.2, 0) is 6.54 Å². The Morgan fingerprint density at radius 1 is 0.750 bits per heavy atom. The molecule has 3 rings (SSSR count). The molecule has 0 saturated carbocycles. The molecule has 5 heteroatoms. The van der Waals surface area contributed by atoms with Crippen molar-refractivity contribution in [2.24, 2.45) is 0 Å². The molecule has 0 unspecified atom stereocenters. The number of aromatic nitrogens is 2. The summed E-state index contributed by atoms with van der Waals surface area (Å²) in [6, 6.07) is 10.7. The third kappa shape index (κ3) is 6.24. The van der Waals surface area contributed by atoms with Gasteiger partial charge in [-0.25, -0.2) is 4.98 Å². The fourth-order valence-electron chi connectivity index (χ4n) is 4.26. The zero-order chi connectivity index (χ0) is 22.8. The van der Waals surface area contributed by atoms with Crippen LogP contribution in [0.25, 0.3) is 22.1 Å². The third-order valence-corrected chi connectivity index (χ3v) is 6.10. The second-order valence-electron chi connectivity index (χ2n) is 8.87. The number of hydrogen-bond donors (Lipinski definition) is 3. The highest BCUT2D eigenvalue weighted by Crippen LogP contribution is 2.26. The molecule has 0 spiro atoms. The first-order chi connectivity index (χ1) is 15.7. The summed E-state index contributed by atoms with van der Waals surface area (Å²) in [6.45, 7) is 9.59. The second kappa shape index (κ2) is 12.5. The summed E-state index contributed by atoms with van der Waals surface area (Å²) in [4.78, 5) is 4.99. The molecular weight excluding hydrogens is 394 g/mol. The zero-order valence-corrected chi connectivity index (χ0v) is 20.3. The van der Waals surface area contributed by atoms with Crippen molar-refractivity contribution < 1.29 is 4.57 Å². The second-order valence-corrected chi connectivity index (χ2v) is 8.87. The fourth-order valence-corrected chi connectivity index (χ4v) is 4.26. The number of rotatable bonds is 14. The fraction of sp³-hybridized carbons (Fsp3) is 0.556. The normalized spacial score (nSPS) is 11.3. The maximum absolute atomic E-state index is 6.47. The van der Waals surface area contributed by atoms with Gasteiger partial charge in [-0.3, -0.25) is 0 Å². The molecule has 1 aromatic heterocycles. The van der Waals surface area contributed by atoms with Gasteiger partial charge in [0.15, 0.2) is 0 Å². The number of nitrogens with zero attached hydrogens (tertiary/aromatic N) is 2. The van der Waals surface area contributed by atoms with Crippen molar-refractivity contribution in [3.63, 3.8) is 0 Å². The minimum absolute atomic E-state index is 0.798. The molecule has 0 atom stereocenters. The quantitative estimate of drug-likeness (QED) is 0.114. The molecule has 0 amide bonds. The van der Waals surface area contributed by atoms with Crippen molar-refractivity contribution >= 4 is 39.1 Å². The first-order valence-corrected chi connectivity index (χ1v) is 12.7. The van der Waals surface area contributed by atoms with Crippen LogP contribution < -0.4 is 20.9 Å². The first-order valence-electron chi connectivity index (χ1n) is 12.7. The Balaban J connectivity index is 1.83. The summed E-state index contributed by atoms with van der Waals surface area (Å²) in [6.07, 6.45) is 11.2. The Morgan fingerprint density at radius 2 is 1.47 bits per heavy atom. The smallest absolute Gasteiger partial charge is 0.233 e. The molecule has 4 N–H and O–H groups in total. The van der Waals surface area contributed by atoms with Gasteiger partial charge in [-0.05, 0) is 31.0 Å². The van der Waals surface area contributed by atoms with Crippen LogP contribution in [0.4, 0.5) is 17.1 Å². The summed E-state index contributed by atoms with van der Waals surface area (Å²) in [5.41, 5.74) is 13.7. The van der Waals surface area contributed by atoms with Crippen molar-refractivity contribution in [1.82, 2.24) is 4.98 Å². The molecule has 2 aromatic carbocycles. The van der Waals surface area contributed by atoms with Crippen LogP contribution in [0.5, 0.6) is 0 Å². The highest BCUT2D eigenvalue weighted by atomic mass is 15.0. The number of nitrogens with two attached hydrogens (primary N) is 1. The van der Waals surface area contributed by atoms with Gasteiger partial charge in [0.2, 0.25) is 11.0 Å². The molecule has 3 aromatic rings. The number of aryl methyl sites for hydroxylation is 1. The van der Waals surface area contributed by atoms with E-state index in [-0.39, 0.29) is 0 Å². The van der Waals surface area contributed by atoms with Crippen LogP contribution >= 0.6 is 0 Å². The molecular formula is C27H42N5+. The SMILES string of the molecule is CCCCCCCCNc1cc2nc3ccc(NCCCC)cc3[n+](CCC)c2cc1N. The van der Waals surface area contributed by atoms with E-state index in [2.05, 4.69) is 66.3 Å². The van der Waals surface area contributed by atoms with Gasteiger partial charge in [0.05, 0.1) is 11.4 Å². The Bertz CT molecular complexity index is 998. The third-order valence-electron chi connectivity index (χ3n) is 6.10. The maximum Gasteiger partial charge on any atom is 0.233 e. The van der Waals surface area contributed by atoms with E-state index < -0.39 is 0 Å². The number of nitrogens with one attached hydrogen (secondary N) is 2. The molecule has 0 radical (unpaired) electrons. The molecule has 5 nitrogen and oxygen atoms in total. The van der Waals surface area contributed by atoms with Crippen LogP contribution in [0.3, 0.4) is 0 Å². The minimum atomic E-state index is 0.798. The predicted octanol–water partition coefficient (Wildman–Crippen LogP) is 6.65. The highest BCUT2D eigenvalue weighted by molar-refractivity contribution is 5.89. The van der Waals surface area contributed by atoms with E-state index in [1.807, 2.05) is 0 Å². The lowest BCUT2D eigenvalue weighted by Crippen LogP contribution is -2.36. The first kappa shape index (κ1) is 24.1. The van der Waals surface area contributed by atoms with E-state index in [1.165, 1.54) is 51.4 Å². The number of fused-ring (bicyclic) bond motifs is 2. The van der Waals surface area contributed by atoms with Gasteiger partial charge in [0.1, 0.15) is 17.6 Å². The zero-order valence-electron chi connectivity index (χ0n) is 20.3. The topological polar surface area (TPSA) is 66.9 Å². The van der Waals surface area contributed by atoms with Gasteiger partial charge in [-0.2, -0.15) is 4.57 Å². The van der Waals surface area contributed by atoms with E-state index in [9.17, 15) is 0 Å². The van der Waals surface area contributed by atoms with Crippen LogP contribution in [0.15, 0.2) is 30.3 Å². The van der Waals surface area contributed by atoms with Gasteiger partial charge < -0.3 is 16.4 Å². The van der Waals surface area contributed by atoms with Gasteiger partial charge in [0, 0.05) is 37.3 Å². The summed E-state index contributed by atoms with van der Waals surface area (Å²) in [5, 5.41) is 7.09. The molecule has 32 heavy (non-hydrogen) atoms. The van der Waals surface area contributed by atoms with Crippen molar-refractivity contribution in [3.8, 4) is 0 Å². The lowest BCUT2D eigenvalue weighted by molar-refractivity contribution is -0.645. The Kier molecular flexibility index (Phi) is 9.39. The molecule has 1 heterocycles. The van der Waals surface area contributed by atoms with Gasteiger partial charge in [-0.1, -0.05) is 59.3 Å². The maximum atomic E-state index is 6.47. The predicted molar refractivity (Wildman–Crippen MR) is 139 cm³/mol. The largest absolute Gasteiger partial charge is 0.397 e. The van der Waals surface area contributed by atoms with Crippen LogP contribution in [0.2, 0.25) is 0 Å². The van der Waals surface area contributed by atoms with Crippen molar-refractivity contribution in [1.29, 1.82) is 0 Å². The van der Waals surface area contributed by atoms with E-state index >= 15 is 0 Å². The minimum Gasteiger partial charge on any atom is -0.397 e. The standard InChI is InChI=1S/C27H41N5/c1-4-7-9-10-11-12-16-30-24-20-25-27(19-22(24)28)32(17-6-3)26-18-21(29-15-8-5-2)13-14-23(26)31-25/h13-14,18-20H,4-12,15-17H2,1-3H3,(H3,28,29,30,31)/p+1. The monoisotopic (exact) mass is 436 g/mol. The Labute approximate surface area is 193 Å². The van der Waals surface area contributed by atoms with Gasteiger partial charge >= 0.3 is 0 Å². The molecule has 0 saturated heterocycles. The molecule has 0 fully saturated rings. The highest BCUT2D eigenvalue weighted by Gasteiger charge is 2.18. The number of hydrogen-bond acceptors (Lipinski definition) is 4. The van der Waals surface area contributed by atoms with E-state index in [1.54, 1.807) is 0 Å². The summed E-state index contributed by atoms with van der Waals surface area (Å²) >= 11 is 0. The summed E-state index contributed by atoms with van der Waals surface area (Å²) < 4.78 is 2.37. The van der Waals surface area contributed by atoms with Crippen molar-refractivity contribution in [3.05, 3.63) is 30.3 Å². The number of unbranched alkanes of at least 4 members (excludes halogenated alkanes) is 6. The van der Waals surface area contributed by atoms with Crippen molar-refractivity contribution in [2.45, 2.75) is 85.1 Å². The summed E-state index contributed by atoms with van der Waals surface area (Å²) in [5.74, 6) is 0. The van der Waals surface area contributed by atoms with Gasteiger partial charge in [0.25, 0.3) is 0 Å². The van der Waals surface area contributed by atoms with E-state index in [0.717, 1.165) is 65.2 Å². The summed E-state index contributed by atoms with van der Waals surface area (Å²) in [7, 11) is 0. The van der Waals surface area contributed by atoms with Crippen molar-refractivity contribution in [2.75, 3.05) is 29.5 Å². The lowest BCUT2D eigenvalue weighted by Gasteiger charge is -2.12. The molecule has 0 aliphatic rings. The molecule has 0 aliphatic carbocycles. The average molecular weight is 437 g/mol. The Hall–Kier alpha value is -2.56. The Morgan fingerprint density at radius 3 is 2.25 bits per heavy atom. The van der Waals surface area contributed by atoms with Crippen LogP contribution in [-0.4, -0.2) is 18.1 Å². The van der Waals surface area contributed by atoms with E-state index in [0.29, 0.717) is 0 Å². The van der Waals surface area contributed by atoms with Crippen LogP contribution in [0, 0.1) is 0 Å². The lowest BCUT2D eigenvalue weighted by atomic mass is 10.1. The average Bonchev–Trinajstić information content (AvgIpc) is 2.79. The number of benzene rings is 2. The van der Waals surface area contributed by atoms with E-state index in [4.69, 9.17) is 10.7 Å².